The summed E-state index contributed by atoms with van der Waals surface area (Å²) >= 11 is 0. The van der Waals surface area contributed by atoms with Crippen molar-refractivity contribution in [3.05, 3.63) is 17.5 Å². The largest absolute Gasteiger partial charge is 0.396 e. The van der Waals surface area contributed by atoms with Gasteiger partial charge in [-0.3, -0.25) is 4.68 Å². The molecule has 0 aliphatic rings. The highest BCUT2D eigenvalue weighted by atomic mass is 16.3. The number of aliphatic hydroxyl groups is 1. The third-order valence-corrected chi connectivity index (χ3v) is 1.76. The van der Waals surface area contributed by atoms with E-state index in [1.165, 1.54) is 0 Å². The quantitative estimate of drug-likeness (QED) is 0.689. The fourth-order valence-electron chi connectivity index (χ4n) is 1.09. The first kappa shape index (κ1) is 8.27. The van der Waals surface area contributed by atoms with Crippen molar-refractivity contribution in [1.29, 1.82) is 0 Å². The molecule has 0 aliphatic heterocycles. The van der Waals surface area contributed by atoms with Crippen LogP contribution in [0.25, 0.3) is 0 Å². The van der Waals surface area contributed by atoms with Crippen LogP contribution in [-0.4, -0.2) is 21.5 Å². The predicted molar refractivity (Wildman–Crippen MR) is 43.4 cm³/mol. The SMILES string of the molecule is CCc1cc(CCO)n(C)n1. The van der Waals surface area contributed by atoms with Crippen LogP contribution >= 0.6 is 0 Å². The van der Waals surface area contributed by atoms with Gasteiger partial charge in [0.15, 0.2) is 0 Å². The number of aromatic nitrogens is 2. The summed E-state index contributed by atoms with van der Waals surface area (Å²) in [6.07, 6.45) is 1.66. The van der Waals surface area contributed by atoms with E-state index in [1.54, 1.807) is 0 Å². The predicted octanol–water partition coefficient (Wildman–Crippen LogP) is 0.517. The Bertz CT molecular complexity index is 230. The van der Waals surface area contributed by atoms with Crippen LogP contribution in [0.2, 0.25) is 0 Å². The molecule has 0 unspecified atom stereocenters. The highest BCUT2D eigenvalue weighted by Gasteiger charge is 2.01. The van der Waals surface area contributed by atoms with E-state index in [9.17, 15) is 0 Å². The van der Waals surface area contributed by atoms with E-state index in [2.05, 4.69) is 12.0 Å². The van der Waals surface area contributed by atoms with Crippen LogP contribution in [0.15, 0.2) is 6.07 Å². The monoisotopic (exact) mass is 154 g/mol. The lowest BCUT2D eigenvalue weighted by Crippen LogP contribution is -2.00. The minimum atomic E-state index is 0.197. The second kappa shape index (κ2) is 3.53. The molecule has 11 heavy (non-hydrogen) atoms. The second-order valence-corrected chi connectivity index (χ2v) is 2.58. The summed E-state index contributed by atoms with van der Waals surface area (Å²) in [7, 11) is 1.91. The summed E-state index contributed by atoms with van der Waals surface area (Å²) in [6.45, 7) is 2.27. The third-order valence-electron chi connectivity index (χ3n) is 1.76. The standard InChI is InChI=1S/C8H14N2O/c1-3-7-6-8(4-5-11)10(2)9-7/h6,11H,3-5H2,1-2H3. The van der Waals surface area contributed by atoms with Gasteiger partial charge in [0.05, 0.1) is 5.69 Å². The maximum Gasteiger partial charge on any atom is 0.0624 e. The van der Waals surface area contributed by atoms with E-state index in [0.29, 0.717) is 6.42 Å². The average Bonchev–Trinajstić information content (AvgIpc) is 2.33. The molecule has 0 saturated carbocycles. The lowest BCUT2D eigenvalue weighted by atomic mass is 10.2. The molecule has 1 aromatic heterocycles. The topological polar surface area (TPSA) is 38.0 Å². The molecule has 0 radical (unpaired) electrons. The molecule has 0 aliphatic carbocycles. The van der Waals surface area contributed by atoms with Crippen molar-refractivity contribution in [2.75, 3.05) is 6.61 Å². The third kappa shape index (κ3) is 1.80. The van der Waals surface area contributed by atoms with Gasteiger partial charge in [0.1, 0.15) is 0 Å². The molecule has 62 valence electrons. The zero-order valence-corrected chi connectivity index (χ0v) is 7.04. The summed E-state index contributed by atoms with van der Waals surface area (Å²) in [5.41, 5.74) is 2.19. The van der Waals surface area contributed by atoms with Gasteiger partial charge in [-0.05, 0) is 12.5 Å². The normalized spacial score (nSPS) is 10.5. The first-order valence-electron chi connectivity index (χ1n) is 3.90. The molecule has 3 nitrogen and oxygen atoms in total. The maximum absolute atomic E-state index is 8.68. The van der Waals surface area contributed by atoms with Crippen LogP contribution < -0.4 is 0 Å². The Morgan fingerprint density at radius 1 is 1.64 bits per heavy atom. The Labute approximate surface area is 66.7 Å². The van der Waals surface area contributed by atoms with E-state index in [1.807, 2.05) is 17.8 Å². The number of rotatable bonds is 3. The lowest BCUT2D eigenvalue weighted by molar-refractivity contribution is 0.296. The molecule has 0 amide bonds. The van der Waals surface area contributed by atoms with E-state index in [4.69, 9.17) is 5.11 Å². The molecule has 0 spiro atoms. The molecule has 1 rings (SSSR count). The Kier molecular flexibility index (Phi) is 2.65. The summed E-state index contributed by atoms with van der Waals surface area (Å²) in [4.78, 5) is 0. The summed E-state index contributed by atoms with van der Waals surface area (Å²) < 4.78 is 1.83. The summed E-state index contributed by atoms with van der Waals surface area (Å²) in [5, 5.41) is 12.9. The van der Waals surface area contributed by atoms with Gasteiger partial charge in [-0.15, -0.1) is 0 Å². The van der Waals surface area contributed by atoms with Gasteiger partial charge in [-0.1, -0.05) is 6.92 Å². The van der Waals surface area contributed by atoms with E-state index < -0.39 is 0 Å². The van der Waals surface area contributed by atoms with Crippen molar-refractivity contribution in [2.45, 2.75) is 19.8 Å². The molecule has 0 aromatic carbocycles. The average molecular weight is 154 g/mol. The number of nitrogens with zero attached hydrogens (tertiary/aromatic N) is 2. The lowest BCUT2D eigenvalue weighted by Gasteiger charge is -1.95. The first-order valence-corrected chi connectivity index (χ1v) is 3.90. The maximum atomic E-state index is 8.68. The molecule has 0 saturated heterocycles. The van der Waals surface area contributed by atoms with Gasteiger partial charge < -0.3 is 5.11 Å². The van der Waals surface area contributed by atoms with Gasteiger partial charge >= 0.3 is 0 Å². The van der Waals surface area contributed by atoms with Crippen molar-refractivity contribution >= 4 is 0 Å². The molecular weight excluding hydrogens is 140 g/mol. The molecule has 0 fully saturated rings. The first-order chi connectivity index (χ1) is 5.27. The van der Waals surface area contributed by atoms with Crippen molar-refractivity contribution in [3.63, 3.8) is 0 Å². The number of hydrogen-bond donors (Lipinski definition) is 1. The zero-order valence-electron chi connectivity index (χ0n) is 7.04. The van der Waals surface area contributed by atoms with Crippen LogP contribution in [0.3, 0.4) is 0 Å². The van der Waals surface area contributed by atoms with Crippen molar-refractivity contribution in [1.82, 2.24) is 9.78 Å². The van der Waals surface area contributed by atoms with Crippen LogP contribution in [0, 0.1) is 0 Å². The highest BCUT2D eigenvalue weighted by molar-refractivity contribution is 5.10. The molecule has 1 heterocycles. The Hall–Kier alpha value is -0.830. The van der Waals surface area contributed by atoms with Gasteiger partial charge in [0, 0.05) is 25.8 Å². The van der Waals surface area contributed by atoms with Crippen LogP contribution in [-0.2, 0) is 19.9 Å². The van der Waals surface area contributed by atoms with Gasteiger partial charge in [0.25, 0.3) is 0 Å². The minimum Gasteiger partial charge on any atom is -0.396 e. The molecule has 0 atom stereocenters. The van der Waals surface area contributed by atoms with Gasteiger partial charge in [-0.25, -0.2) is 0 Å². The van der Waals surface area contributed by atoms with Gasteiger partial charge in [0.2, 0.25) is 0 Å². The van der Waals surface area contributed by atoms with E-state index in [-0.39, 0.29) is 6.61 Å². The zero-order chi connectivity index (χ0) is 8.27. The Morgan fingerprint density at radius 2 is 2.36 bits per heavy atom. The number of hydrogen-bond acceptors (Lipinski definition) is 2. The van der Waals surface area contributed by atoms with Crippen LogP contribution in [0.5, 0.6) is 0 Å². The molecular formula is C8H14N2O. The van der Waals surface area contributed by atoms with Crippen molar-refractivity contribution in [3.8, 4) is 0 Å². The highest BCUT2D eigenvalue weighted by Crippen LogP contribution is 2.03. The smallest absolute Gasteiger partial charge is 0.0624 e. The molecule has 3 heteroatoms. The number of aliphatic hydroxyl groups excluding tert-OH is 1. The number of aryl methyl sites for hydroxylation is 2. The van der Waals surface area contributed by atoms with E-state index in [0.717, 1.165) is 17.8 Å². The van der Waals surface area contributed by atoms with Gasteiger partial charge in [-0.2, -0.15) is 5.10 Å². The molecule has 1 aromatic rings. The van der Waals surface area contributed by atoms with E-state index >= 15 is 0 Å². The van der Waals surface area contributed by atoms with Crippen LogP contribution in [0.1, 0.15) is 18.3 Å². The fourth-order valence-corrected chi connectivity index (χ4v) is 1.09. The Morgan fingerprint density at radius 3 is 2.82 bits per heavy atom. The Balaban J connectivity index is 2.79. The molecule has 0 bridgehead atoms. The second-order valence-electron chi connectivity index (χ2n) is 2.58. The summed E-state index contributed by atoms with van der Waals surface area (Å²) in [5.74, 6) is 0. The summed E-state index contributed by atoms with van der Waals surface area (Å²) in [6, 6.07) is 2.04. The minimum absolute atomic E-state index is 0.197. The fraction of sp³-hybridized carbons (Fsp3) is 0.625. The molecule has 1 N–H and O–H groups in total. The van der Waals surface area contributed by atoms with Crippen molar-refractivity contribution in [2.24, 2.45) is 7.05 Å². The van der Waals surface area contributed by atoms with Crippen molar-refractivity contribution < 1.29 is 5.11 Å². The van der Waals surface area contributed by atoms with Crippen LogP contribution in [0.4, 0.5) is 0 Å².